The summed E-state index contributed by atoms with van der Waals surface area (Å²) in [5.74, 6) is -3.59. The lowest BCUT2D eigenvalue weighted by Gasteiger charge is -2.52. The summed E-state index contributed by atoms with van der Waals surface area (Å²) in [6.07, 6.45) is 12.0. The van der Waals surface area contributed by atoms with Gasteiger partial charge in [0.05, 0.1) is 12.5 Å². The first-order valence-electron chi connectivity index (χ1n) is 12.9. The highest BCUT2D eigenvalue weighted by Gasteiger charge is 2.54. The molecular weight excluding hydrogens is 422 g/mol. The number of carbonyl (C=O) groups excluding carboxylic acids is 1. The van der Waals surface area contributed by atoms with E-state index in [0.29, 0.717) is 25.7 Å². The molecule has 0 aromatic carbocycles. The van der Waals surface area contributed by atoms with Crippen molar-refractivity contribution in [2.45, 2.75) is 129 Å². The molecule has 0 aliphatic carbocycles. The molecule has 2 N–H and O–H groups in total. The summed E-state index contributed by atoms with van der Waals surface area (Å²) in [6.45, 7) is 9.49. The molecule has 0 amide bonds. The van der Waals surface area contributed by atoms with Crippen LogP contribution in [0.25, 0.3) is 0 Å². The first-order valence-corrected chi connectivity index (χ1v) is 12.9. The van der Waals surface area contributed by atoms with Gasteiger partial charge in [-0.05, 0) is 38.5 Å². The fraction of sp³-hybridized carbons (Fsp3) is 0.808. The first-order chi connectivity index (χ1) is 15.7. The SMILES string of the molecule is C=CCCCCCCCCC[N+](C(CCC)C(=O)[O-])(C(CCC)C(=O)O)C(CCC)C(=O)O. The Morgan fingerprint density at radius 2 is 1.15 bits per heavy atom. The van der Waals surface area contributed by atoms with Crippen molar-refractivity contribution in [1.29, 1.82) is 0 Å². The Bertz CT molecular complexity index is 532. The Balaban J connectivity index is 5.96. The lowest BCUT2D eigenvalue weighted by Crippen LogP contribution is -2.74. The Morgan fingerprint density at radius 1 is 0.758 bits per heavy atom. The normalized spacial score (nSPS) is 15.8. The minimum atomic E-state index is -1.34. The quantitative estimate of drug-likeness (QED) is 0.137. The standard InChI is InChI=1S/C26H47NO6/c1-5-9-10-11-12-13-14-15-16-20-27(21(17-6-2)24(28)29,22(18-7-3)25(30)31)23(19-8-4)26(32)33/h5,21-23H,1,6-20H2,2-4H3,(H2-,28,29,30,31,32,33). The van der Waals surface area contributed by atoms with E-state index < -0.39 is 40.5 Å². The van der Waals surface area contributed by atoms with Crippen molar-refractivity contribution >= 4 is 17.9 Å². The van der Waals surface area contributed by atoms with Crippen molar-refractivity contribution in [3.63, 3.8) is 0 Å². The summed E-state index contributed by atoms with van der Waals surface area (Å²) in [6, 6.07) is -3.33. The second kappa shape index (κ2) is 17.6. The van der Waals surface area contributed by atoms with Crippen LogP contribution in [0, 0.1) is 0 Å². The first kappa shape index (κ1) is 31.1. The molecule has 33 heavy (non-hydrogen) atoms. The molecule has 3 unspecified atom stereocenters. The van der Waals surface area contributed by atoms with E-state index in [0.717, 1.165) is 44.9 Å². The van der Waals surface area contributed by atoms with Crippen LogP contribution in [0.1, 0.15) is 111 Å². The van der Waals surface area contributed by atoms with Crippen molar-refractivity contribution in [2.75, 3.05) is 6.54 Å². The zero-order chi connectivity index (χ0) is 25.3. The van der Waals surface area contributed by atoms with Crippen LogP contribution in [0.2, 0.25) is 0 Å². The van der Waals surface area contributed by atoms with E-state index in [1.54, 1.807) is 0 Å². The molecule has 0 rings (SSSR count). The molecule has 0 aromatic rings. The van der Waals surface area contributed by atoms with Crippen molar-refractivity contribution in [1.82, 2.24) is 0 Å². The van der Waals surface area contributed by atoms with Gasteiger partial charge >= 0.3 is 11.9 Å². The maximum atomic E-state index is 12.4. The Labute approximate surface area is 200 Å². The number of hydrogen-bond acceptors (Lipinski definition) is 4. The minimum Gasteiger partial charge on any atom is -0.544 e. The fourth-order valence-corrected chi connectivity index (χ4v) is 5.19. The van der Waals surface area contributed by atoms with Gasteiger partial charge in [-0.25, -0.2) is 9.59 Å². The van der Waals surface area contributed by atoms with Crippen LogP contribution in [0.5, 0.6) is 0 Å². The molecule has 0 spiro atoms. The molecule has 3 atom stereocenters. The van der Waals surface area contributed by atoms with Crippen LogP contribution in [0.15, 0.2) is 12.7 Å². The number of aliphatic carboxylic acids is 3. The number of unbranched alkanes of at least 4 members (excludes halogenated alkanes) is 7. The average molecular weight is 470 g/mol. The highest BCUT2D eigenvalue weighted by molar-refractivity contribution is 5.77. The molecule has 0 saturated carbocycles. The molecule has 0 radical (unpaired) electrons. The highest BCUT2D eigenvalue weighted by Crippen LogP contribution is 2.34. The highest BCUT2D eigenvalue weighted by atomic mass is 16.4. The van der Waals surface area contributed by atoms with E-state index in [1.165, 1.54) is 0 Å². The van der Waals surface area contributed by atoms with Crippen molar-refractivity contribution in [3.05, 3.63) is 12.7 Å². The minimum absolute atomic E-state index is 0.201. The summed E-state index contributed by atoms with van der Waals surface area (Å²) in [5.41, 5.74) is 0. The van der Waals surface area contributed by atoms with E-state index in [2.05, 4.69) is 6.58 Å². The number of allylic oxidation sites excluding steroid dienone is 1. The van der Waals surface area contributed by atoms with Crippen molar-refractivity contribution in [2.24, 2.45) is 0 Å². The number of quaternary nitrogens is 1. The maximum Gasteiger partial charge on any atom is 0.362 e. The monoisotopic (exact) mass is 469 g/mol. The smallest absolute Gasteiger partial charge is 0.362 e. The van der Waals surface area contributed by atoms with Crippen molar-refractivity contribution < 1.29 is 34.2 Å². The molecule has 0 aliphatic rings. The summed E-state index contributed by atoms with van der Waals surface area (Å²) in [5, 5.41) is 32.6. The lowest BCUT2D eigenvalue weighted by atomic mass is 9.91. The summed E-state index contributed by atoms with van der Waals surface area (Å²) >= 11 is 0. The molecule has 192 valence electrons. The van der Waals surface area contributed by atoms with Gasteiger partial charge in [0.25, 0.3) is 0 Å². The Morgan fingerprint density at radius 3 is 1.52 bits per heavy atom. The van der Waals surface area contributed by atoms with Crippen LogP contribution in [-0.4, -0.2) is 57.3 Å². The molecule has 7 nitrogen and oxygen atoms in total. The second-order valence-corrected chi connectivity index (χ2v) is 9.18. The number of carbonyl (C=O) groups is 3. The van der Waals surface area contributed by atoms with Gasteiger partial charge in [-0.15, -0.1) is 6.58 Å². The number of hydrogen-bond donors (Lipinski definition) is 2. The van der Waals surface area contributed by atoms with E-state index in [-0.39, 0.29) is 25.8 Å². The summed E-state index contributed by atoms with van der Waals surface area (Å²) in [7, 11) is 0. The zero-order valence-electron chi connectivity index (χ0n) is 21.1. The van der Waals surface area contributed by atoms with Crippen LogP contribution in [0.4, 0.5) is 0 Å². The van der Waals surface area contributed by atoms with E-state index >= 15 is 0 Å². The van der Waals surface area contributed by atoms with Gasteiger partial charge in [-0.1, -0.05) is 59.0 Å². The maximum absolute atomic E-state index is 12.4. The third kappa shape index (κ3) is 9.86. The third-order valence-corrected chi connectivity index (χ3v) is 6.72. The Hall–Kier alpha value is -1.89. The molecule has 0 heterocycles. The topological polar surface area (TPSA) is 115 Å². The zero-order valence-corrected chi connectivity index (χ0v) is 21.1. The van der Waals surface area contributed by atoms with Gasteiger partial charge in [0.15, 0.2) is 12.1 Å². The van der Waals surface area contributed by atoms with E-state index in [4.69, 9.17) is 0 Å². The fourth-order valence-electron chi connectivity index (χ4n) is 5.19. The number of rotatable bonds is 22. The van der Waals surface area contributed by atoms with Gasteiger partial charge in [-0.3, -0.25) is 4.48 Å². The molecule has 0 aromatic heterocycles. The third-order valence-electron chi connectivity index (χ3n) is 6.72. The van der Waals surface area contributed by atoms with Gasteiger partial charge in [0, 0.05) is 19.3 Å². The lowest BCUT2D eigenvalue weighted by molar-refractivity contribution is -0.975. The van der Waals surface area contributed by atoms with Crippen molar-refractivity contribution in [3.8, 4) is 0 Å². The van der Waals surface area contributed by atoms with Gasteiger partial charge < -0.3 is 20.1 Å². The van der Waals surface area contributed by atoms with Crippen LogP contribution in [0.3, 0.4) is 0 Å². The molecule has 0 bridgehead atoms. The number of carboxylic acid groups (broad SMARTS) is 3. The predicted molar refractivity (Wildman–Crippen MR) is 129 cm³/mol. The van der Waals surface area contributed by atoms with Gasteiger partial charge in [0.1, 0.15) is 6.04 Å². The van der Waals surface area contributed by atoms with Crippen LogP contribution < -0.4 is 5.11 Å². The van der Waals surface area contributed by atoms with Crippen LogP contribution >= 0.6 is 0 Å². The van der Waals surface area contributed by atoms with Crippen LogP contribution in [-0.2, 0) is 14.4 Å². The van der Waals surface area contributed by atoms with E-state index in [9.17, 15) is 29.7 Å². The second-order valence-electron chi connectivity index (χ2n) is 9.18. The molecule has 0 saturated heterocycles. The molecule has 7 heteroatoms. The number of carboxylic acids is 3. The summed E-state index contributed by atoms with van der Waals surface area (Å²) in [4.78, 5) is 37.2. The largest absolute Gasteiger partial charge is 0.544 e. The average Bonchev–Trinajstić information content (AvgIpc) is 2.76. The molecule has 0 aliphatic heterocycles. The predicted octanol–water partition coefficient (Wildman–Crippen LogP) is 4.54. The van der Waals surface area contributed by atoms with E-state index in [1.807, 2.05) is 26.8 Å². The molecule has 0 fully saturated rings. The van der Waals surface area contributed by atoms with Gasteiger partial charge in [-0.2, -0.15) is 0 Å². The summed E-state index contributed by atoms with van der Waals surface area (Å²) < 4.78 is -0.443. The number of nitrogens with zero attached hydrogens (tertiary/aromatic N) is 1. The van der Waals surface area contributed by atoms with Gasteiger partial charge in [0.2, 0.25) is 0 Å². The molecular formula is C26H47NO6. The Kier molecular flexibility index (Phi) is 16.6.